The van der Waals surface area contributed by atoms with E-state index in [0.717, 1.165) is 0 Å². The molecule has 1 radical (unpaired) electrons. The molecule has 0 nitrogen and oxygen atoms in total. The predicted octanol–water partition coefficient (Wildman–Crippen LogP) is 6.51. The number of rotatable bonds is 9. The molecular formula is C12H12F13. The maximum absolute atomic E-state index is 13.2. The van der Waals surface area contributed by atoms with E-state index in [4.69, 9.17) is 0 Å². The van der Waals surface area contributed by atoms with Gasteiger partial charge in [0.2, 0.25) is 0 Å². The summed E-state index contributed by atoms with van der Waals surface area (Å²) < 4.78 is 165. The Morgan fingerprint density at radius 3 is 1.24 bits per heavy atom. The fourth-order valence-electron chi connectivity index (χ4n) is 1.66. The van der Waals surface area contributed by atoms with Gasteiger partial charge in [0.25, 0.3) is 0 Å². The van der Waals surface area contributed by atoms with Crippen molar-refractivity contribution in [3.05, 3.63) is 6.92 Å². The minimum absolute atomic E-state index is 0.0837. The van der Waals surface area contributed by atoms with Crippen LogP contribution in [0.15, 0.2) is 0 Å². The minimum Gasteiger partial charge on any atom is -0.200 e. The van der Waals surface area contributed by atoms with E-state index in [-0.39, 0.29) is 19.3 Å². The number of hydrogen-bond acceptors (Lipinski definition) is 0. The molecule has 0 aromatic heterocycles. The van der Waals surface area contributed by atoms with Crippen LogP contribution >= 0.6 is 0 Å². The van der Waals surface area contributed by atoms with Gasteiger partial charge >= 0.3 is 35.8 Å². The molecule has 0 aliphatic heterocycles. The summed E-state index contributed by atoms with van der Waals surface area (Å²) in [7, 11) is 0. The molecule has 0 bridgehead atoms. The number of alkyl halides is 13. The lowest BCUT2D eigenvalue weighted by Gasteiger charge is -2.39. The van der Waals surface area contributed by atoms with Crippen LogP contribution in [0.5, 0.6) is 0 Å². The first kappa shape index (κ1) is 24.1. The van der Waals surface area contributed by atoms with E-state index in [9.17, 15) is 57.1 Å². The summed E-state index contributed by atoms with van der Waals surface area (Å²) in [6.45, 7) is 3.25. The van der Waals surface area contributed by atoms with Crippen LogP contribution in [0, 0.1) is 6.92 Å². The summed E-state index contributed by atoms with van der Waals surface area (Å²) in [6.07, 6.45) is -10.4. The van der Waals surface area contributed by atoms with E-state index >= 15 is 0 Å². The molecule has 0 atom stereocenters. The van der Waals surface area contributed by atoms with Gasteiger partial charge in [0.05, 0.1) is 0 Å². The fourth-order valence-corrected chi connectivity index (χ4v) is 1.66. The van der Waals surface area contributed by atoms with Gasteiger partial charge in [-0.25, -0.2) is 0 Å². The van der Waals surface area contributed by atoms with E-state index < -0.39 is 48.6 Å². The van der Waals surface area contributed by atoms with E-state index in [1.807, 2.05) is 0 Å². The third-order valence-corrected chi connectivity index (χ3v) is 3.24. The van der Waals surface area contributed by atoms with Crippen molar-refractivity contribution in [3.8, 4) is 0 Å². The summed E-state index contributed by atoms with van der Waals surface area (Å²) in [5.74, 6) is -36.3. The largest absolute Gasteiger partial charge is 0.460 e. The molecule has 0 aliphatic rings. The average molecular weight is 403 g/mol. The quantitative estimate of drug-likeness (QED) is 0.304. The highest BCUT2D eigenvalue weighted by Gasteiger charge is 2.90. The maximum Gasteiger partial charge on any atom is 0.460 e. The zero-order chi connectivity index (χ0) is 20.5. The zero-order valence-electron chi connectivity index (χ0n) is 12.2. The van der Waals surface area contributed by atoms with Gasteiger partial charge in [-0.2, -0.15) is 57.1 Å². The lowest BCUT2D eigenvalue weighted by Crippen LogP contribution is -2.70. The van der Waals surface area contributed by atoms with Crippen LogP contribution in [0.4, 0.5) is 57.1 Å². The summed E-state index contributed by atoms with van der Waals surface area (Å²) in [6, 6.07) is 0. The van der Waals surface area contributed by atoms with Crippen molar-refractivity contribution in [1.29, 1.82) is 0 Å². The lowest BCUT2D eigenvalue weighted by atomic mass is 9.91. The molecule has 0 aromatic carbocycles. The highest BCUT2D eigenvalue weighted by Crippen LogP contribution is 2.60. The lowest BCUT2D eigenvalue weighted by molar-refractivity contribution is -0.440. The molecule has 0 fully saturated rings. The van der Waals surface area contributed by atoms with Crippen LogP contribution < -0.4 is 0 Å². The van der Waals surface area contributed by atoms with Gasteiger partial charge in [-0.05, 0) is 6.42 Å². The summed E-state index contributed by atoms with van der Waals surface area (Å²) >= 11 is 0. The Morgan fingerprint density at radius 2 is 0.880 bits per heavy atom. The molecule has 0 saturated heterocycles. The Hall–Kier alpha value is -0.910. The van der Waals surface area contributed by atoms with Gasteiger partial charge in [0.1, 0.15) is 0 Å². The van der Waals surface area contributed by atoms with Crippen LogP contribution in [0.2, 0.25) is 0 Å². The second kappa shape index (κ2) is 7.01. The molecule has 0 N–H and O–H groups in total. The first-order valence-electron chi connectivity index (χ1n) is 6.56. The average Bonchev–Trinajstić information content (AvgIpc) is 2.41. The standard InChI is InChI=1S/C12H12F13/c1-2-3-4-5-6-7(13,14)8(15,16)9(17,18)10(19,20)11(21,22)12(23,24)25/h1-6H2. The Labute approximate surface area is 133 Å². The first-order chi connectivity index (χ1) is 10.8. The van der Waals surface area contributed by atoms with Crippen molar-refractivity contribution < 1.29 is 57.1 Å². The van der Waals surface area contributed by atoms with Gasteiger partial charge < -0.3 is 0 Å². The van der Waals surface area contributed by atoms with Crippen molar-refractivity contribution in [2.45, 2.75) is 67.9 Å². The van der Waals surface area contributed by atoms with E-state index in [1.165, 1.54) is 0 Å². The highest BCUT2D eigenvalue weighted by molar-refractivity contribution is 5.10. The maximum atomic E-state index is 13.2. The summed E-state index contributed by atoms with van der Waals surface area (Å²) in [5.41, 5.74) is 0. The third-order valence-electron chi connectivity index (χ3n) is 3.24. The molecule has 0 aromatic rings. The summed E-state index contributed by atoms with van der Waals surface area (Å²) in [4.78, 5) is 0. The molecule has 0 heterocycles. The number of hydrogen-bond donors (Lipinski definition) is 0. The van der Waals surface area contributed by atoms with Crippen LogP contribution in [0.1, 0.15) is 32.1 Å². The van der Waals surface area contributed by atoms with E-state index in [0.29, 0.717) is 0 Å². The molecule has 0 rings (SSSR count). The van der Waals surface area contributed by atoms with Gasteiger partial charge in [0.15, 0.2) is 0 Å². The molecule has 0 saturated carbocycles. The van der Waals surface area contributed by atoms with Gasteiger partial charge in [-0.3, -0.25) is 0 Å². The van der Waals surface area contributed by atoms with Crippen LogP contribution in [0.25, 0.3) is 0 Å². The molecule has 151 valence electrons. The third kappa shape index (κ3) is 3.93. The SMILES string of the molecule is [CH2]CCCCCC(F)(F)C(F)(F)C(F)(F)C(F)(F)C(F)(F)C(F)(F)F. The zero-order valence-corrected chi connectivity index (χ0v) is 12.2. The molecule has 25 heavy (non-hydrogen) atoms. The second-order valence-corrected chi connectivity index (χ2v) is 5.16. The molecule has 0 amide bonds. The number of halogens is 13. The molecule has 0 aliphatic carbocycles. The van der Waals surface area contributed by atoms with Gasteiger partial charge in [-0.15, -0.1) is 0 Å². The Balaban J connectivity index is 5.79. The first-order valence-corrected chi connectivity index (χ1v) is 6.56. The fraction of sp³-hybridized carbons (Fsp3) is 0.917. The molecule has 0 spiro atoms. The van der Waals surface area contributed by atoms with Crippen molar-refractivity contribution in [2.24, 2.45) is 0 Å². The Kier molecular flexibility index (Phi) is 6.76. The van der Waals surface area contributed by atoms with Crippen molar-refractivity contribution in [1.82, 2.24) is 0 Å². The minimum atomic E-state index is -7.82. The smallest absolute Gasteiger partial charge is 0.200 e. The van der Waals surface area contributed by atoms with Crippen molar-refractivity contribution in [2.75, 3.05) is 0 Å². The highest BCUT2D eigenvalue weighted by atomic mass is 19.4. The van der Waals surface area contributed by atoms with Crippen LogP contribution in [0.3, 0.4) is 0 Å². The van der Waals surface area contributed by atoms with Gasteiger partial charge in [0, 0.05) is 6.42 Å². The molecular weight excluding hydrogens is 391 g/mol. The number of unbranched alkanes of at least 4 members (excludes halogenated alkanes) is 3. The molecule has 0 unspecified atom stereocenters. The topological polar surface area (TPSA) is 0 Å². The normalized spacial score (nSPS) is 15.6. The Bertz CT molecular complexity index is 435. The van der Waals surface area contributed by atoms with E-state index in [2.05, 4.69) is 6.92 Å². The molecule has 13 heteroatoms. The van der Waals surface area contributed by atoms with Crippen LogP contribution in [-0.4, -0.2) is 35.8 Å². The van der Waals surface area contributed by atoms with Crippen LogP contribution in [-0.2, 0) is 0 Å². The second-order valence-electron chi connectivity index (χ2n) is 5.16. The summed E-state index contributed by atoms with van der Waals surface area (Å²) in [5, 5.41) is 0. The van der Waals surface area contributed by atoms with Crippen molar-refractivity contribution >= 4 is 0 Å². The van der Waals surface area contributed by atoms with E-state index in [1.54, 1.807) is 0 Å². The monoisotopic (exact) mass is 403 g/mol. The predicted molar refractivity (Wildman–Crippen MR) is 59.2 cm³/mol. The van der Waals surface area contributed by atoms with Crippen molar-refractivity contribution in [3.63, 3.8) is 0 Å². The van der Waals surface area contributed by atoms with Gasteiger partial charge in [-0.1, -0.05) is 26.2 Å². The Morgan fingerprint density at radius 1 is 0.480 bits per heavy atom.